The SMILES string of the molecule is CNC(c1cccnc1N)C(OC)c1ccccc1. The average Bonchev–Trinajstić information content (AvgIpc) is 2.46. The van der Waals surface area contributed by atoms with Crippen LogP contribution < -0.4 is 11.1 Å². The van der Waals surface area contributed by atoms with E-state index in [4.69, 9.17) is 10.5 Å². The van der Waals surface area contributed by atoms with Crippen molar-refractivity contribution in [2.75, 3.05) is 19.9 Å². The average molecular weight is 257 g/mol. The molecule has 2 rings (SSSR count). The first-order chi connectivity index (χ1) is 9.27. The molecule has 0 aliphatic rings. The molecule has 1 aromatic carbocycles. The first-order valence-electron chi connectivity index (χ1n) is 6.23. The maximum Gasteiger partial charge on any atom is 0.128 e. The van der Waals surface area contributed by atoms with E-state index in [1.54, 1.807) is 13.3 Å². The van der Waals surface area contributed by atoms with Crippen LogP contribution in [0.4, 0.5) is 5.82 Å². The zero-order chi connectivity index (χ0) is 13.7. The lowest BCUT2D eigenvalue weighted by atomic mass is 9.96. The predicted molar refractivity (Wildman–Crippen MR) is 76.6 cm³/mol. The van der Waals surface area contributed by atoms with Gasteiger partial charge in [-0.2, -0.15) is 0 Å². The summed E-state index contributed by atoms with van der Waals surface area (Å²) in [5, 5.41) is 3.26. The smallest absolute Gasteiger partial charge is 0.128 e. The number of nitrogens with one attached hydrogen (secondary N) is 1. The summed E-state index contributed by atoms with van der Waals surface area (Å²) in [7, 11) is 3.60. The second-order valence-corrected chi connectivity index (χ2v) is 4.31. The van der Waals surface area contributed by atoms with Crippen molar-refractivity contribution in [1.29, 1.82) is 0 Å². The van der Waals surface area contributed by atoms with Gasteiger partial charge in [-0.25, -0.2) is 4.98 Å². The van der Waals surface area contributed by atoms with Crippen molar-refractivity contribution in [2.45, 2.75) is 12.1 Å². The third-order valence-electron chi connectivity index (χ3n) is 3.20. The van der Waals surface area contributed by atoms with Crippen molar-refractivity contribution < 1.29 is 4.74 Å². The van der Waals surface area contributed by atoms with E-state index in [9.17, 15) is 0 Å². The lowest BCUT2D eigenvalue weighted by molar-refractivity contribution is 0.0703. The lowest BCUT2D eigenvalue weighted by Crippen LogP contribution is -2.26. The first kappa shape index (κ1) is 13.5. The maximum atomic E-state index is 5.96. The third-order valence-corrected chi connectivity index (χ3v) is 3.20. The van der Waals surface area contributed by atoms with Crippen molar-refractivity contribution in [3.05, 3.63) is 59.8 Å². The number of likely N-dealkylation sites (N-methyl/N-ethyl adjacent to an activating group) is 1. The van der Waals surface area contributed by atoms with E-state index < -0.39 is 0 Å². The second-order valence-electron chi connectivity index (χ2n) is 4.31. The van der Waals surface area contributed by atoms with Gasteiger partial charge in [-0.3, -0.25) is 0 Å². The Kier molecular flexibility index (Phi) is 4.49. The van der Waals surface area contributed by atoms with Crippen LogP contribution in [0.15, 0.2) is 48.7 Å². The van der Waals surface area contributed by atoms with Crippen molar-refractivity contribution in [1.82, 2.24) is 10.3 Å². The maximum absolute atomic E-state index is 5.96. The fourth-order valence-electron chi connectivity index (χ4n) is 2.27. The Bertz CT molecular complexity index is 516. The molecule has 2 unspecified atom stereocenters. The van der Waals surface area contributed by atoms with E-state index in [0.717, 1.165) is 11.1 Å². The number of nitrogens with two attached hydrogens (primary N) is 1. The van der Waals surface area contributed by atoms with Crippen LogP contribution in [-0.2, 0) is 4.74 Å². The van der Waals surface area contributed by atoms with Gasteiger partial charge in [0.2, 0.25) is 0 Å². The molecule has 0 bridgehead atoms. The highest BCUT2D eigenvalue weighted by Crippen LogP contribution is 2.33. The summed E-state index contributed by atoms with van der Waals surface area (Å²) >= 11 is 0. The Labute approximate surface area is 113 Å². The second kappa shape index (κ2) is 6.31. The van der Waals surface area contributed by atoms with Crippen LogP contribution in [0.5, 0.6) is 0 Å². The number of nitrogens with zero attached hydrogens (tertiary/aromatic N) is 1. The molecular weight excluding hydrogens is 238 g/mol. The number of rotatable bonds is 5. The van der Waals surface area contributed by atoms with E-state index >= 15 is 0 Å². The van der Waals surface area contributed by atoms with E-state index in [1.807, 2.05) is 49.5 Å². The monoisotopic (exact) mass is 257 g/mol. The minimum Gasteiger partial charge on any atom is -0.383 e. The van der Waals surface area contributed by atoms with Gasteiger partial charge in [-0.15, -0.1) is 0 Å². The zero-order valence-electron chi connectivity index (χ0n) is 11.2. The number of benzene rings is 1. The van der Waals surface area contributed by atoms with Crippen LogP contribution in [0.2, 0.25) is 0 Å². The molecule has 0 saturated heterocycles. The summed E-state index contributed by atoms with van der Waals surface area (Å²) in [6.07, 6.45) is 1.58. The molecular formula is C15H19N3O. The molecule has 3 N–H and O–H groups in total. The fourth-order valence-corrected chi connectivity index (χ4v) is 2.27. The molecule has 100 valence electrons. The highest BCUT2D eigenvalue weighted by molar-refractivity contribution is 5.42. The van der Waals surface area contributed by atoms with Gasteiger partial charge in [-0.05, 0) is 18.7 Å². The van der Waals surface area contributed by atoms with Crippen molar-refractivity contribution >= 4 is 5.82 Å². The van der Waals surface area contributed by atoms with Gasteiger partial charge in [-0.1, -0.05) is 36.4 Å². The van der Waals surface area contributed by atoms with Gasteiger partial charge >= 0.3 is 0 Å². The number of ether oxygens (including phenoxy) is 1. The van der Waals surface area contributed by atoms with Crippen LogP contribution in [0, 0.1) is 0 Å². The molecule has 19 heavy (non-hydrogen) atoms. The quantitative estimate of drug-likeness (QED) is 0.863. The number of hydrogen-bond acceptors (Lipinski definition) is 4. The van der Waals surface area contributed by atoms with Crippen LogP contribution in [0.3, 0.4) is 0 Å². The van der Waals surface area contributed by atoms with Gasteiger partial charge in [0.15, 0.2) is 0 Å². The first-order valence-corrected chi connectivity index (χ1v) is 6.23. The Morgan fingerprint density at radius 2 is 1.89 bits per heavy atom. The molecule has 4 heteroatoms. The van der Waals surface area contributed by atoms with Crippen LogP contribution in [0.25, 0.3) is 0 Å². The highest BCUT2D eigenvalue weighted by atomic mass is 16.5. The number of aromatic nitrogens is 1. The molecule has 0 amide bonds. The standard InChI is InChI=1S/C15H19N3O/c1-17-13(12-9-6-10-18-15(12)16)14(19-2)11-7-4-3-5-8-11/h3-10,13-14,17H,1-2H3,(H2,16,18). The summed E-state index contributed by atoms with van der Waals surface area (Å²) in [6.45, 7) is 0. The Hall–Kier alpha value is -1.91. The molecule has 0 fully saturated rings. The van der Waals surface area contributed by atoms with E-state index in [-0.39, 0.29) is 12.1 Å². The normalized spacial score (nSPS) is 14.0. The summed E-state index contributed by atoms with van der Waals surface area (Å²) < 4.78 is 5.65. The summed E-state index contributed by atoms with van der Waals surface area (Å²) in [5.41, 5.74) is 8.01. The number of hydrogen-bond donors (Lipinski definition) is 2. The van der Waals surface area contributed by atoms with Crippen molar-refractivity contribution in [3.63, 3.8) is 0 Å². The lowest BCUT2D eigenvalue weighted by Gasteiger charge is -2.27. The number of pyridine rings is 1. The third kappa shape index (κ3) is 2.92. The number of anilines is 1. The minimum absolute atomic E-state index is 0.0406. The Balaban J connectivity index is 2.38. The predicted octanol–water partition coefficient (Wildman–Crippen LogP) is 2.31. The molecule has 1 aromatic heterocycles. The molecule has 0 saturated carbocycles. The van der Waals surface area contributed by atoms with Gasteiger partial charge in [0.05, 0.1) is 6.04 Å². The van der Waals surface area contributed by atoms with E-state index in [2.05, 4.69) is 10.3 Å². The molecule has 0 spiro atoms. The van der Waals surface area contributed by atoms with Crippen LogP contribution in [0.1, 0.15) is 23.3 Å². The Morgan fingerprint density at radius 3 is 2.47 bits per heavy atom. The molecule has 0 aliphatic carbocycles. The minimum atomic E-state index is -0.113. The van der Waals surface area contributed by atoms with Crippen molar-refractivity contribution in [2.24, 2.45) is 0 Å². The molecule has 2 atom stereocenters. The van der Waals surface area contributed by atoms with Gasteiger partial charge in [0.25, 0.3) is 0 Å². The van der Waals surface area contributed by atoms with Crippen LogP contribution >= 0.6 is 0 Å². The van der Waals surface area contributed by atoms with Gasteiger partial charge in [0.1, 0.15) is 11.9 Å². The fraction of sp³-hybridized carbons (Fsp3) is 0.267. The molecule has 4 nitrogen and oxygen atoms in total. The van der Waals surface area contributed by atoms with Crippen LogP contribution in [-0.4, -0.2) is 19.1 Å². The zero-order valence-corrected chi connectivity index (χ0v) is 11.2. The summed E-state index contributed by atoms with van der Waals surface area (Å²) in [4.78, 5) is 4.14. The topological polar surface area (TPSA) is 60.2 Å². The largest absolute Gasteiger partial charge is 0.383 e. The number of nitrogen functional groups attached to an aromatic ring is 1. The Morgan fingerprint density at radius 1 is 1.16 bits per heavy atom. The molecule has 0 radical (unpaired) electrons. The summed E-state index contributed by atoms with van der Waals surface area (Å²) in [5.74, 6) is 0.528. The molecule has 2 aromatic rings. The van der Waals surface area contributed by atoms with Gasteiger partial charge in [0, 0.05) is 18.9 Å². The number of methoxy groups -OCH3 is 1. The van der Waals surface area contributed by atoms with Crippen molar-refractivity contribution in [3.8, 4) is 0 Å². The molecule has 0 aliphatic heterocycles. The summed E-state index contributed by atoms with van der Waals surface area (Å²) in [6, 6.07) is 13.9. The van der Waals surface area contributed by atoms with E-state index in [1.165, 1.54) is 0 Å². The molecule has 1 heterocycles. The highest BCUT2D eigenvalue weighted by Gasteiger charge is 2.25. The van der Waals surface area contributed by atoms with Gasteiger partial charge < -0.3 is 15.8 Å². The van der Waals surface area contributed by atoms with E-state index in [0.29, 0.717) is 5.82 Å².